The molecular weight excluding hydrogens is 446 g/mol. The van der Waals surface area contributed by atoms with Gasteiger partial charge in [-0.1, -0.05) is 12.1 Å². The van der Waals surface area contributed by atoms with E-state index in [1.807, 2.05) is 18.2 Å². The molecule has 0 radical (unpaired) electrons. The first kappa shape index (κ1) is 22.7. The lowest BCUT2D eigenvalue weighted by Gasteiger charge is -2.33. The molecule has 1 aromatic heterocycles. The number of ether oxygens (including phenoxy) is 2. The molecule has 170 valence electrons. The Hall–Kier alpha value is -2.46. The number of benzene rings is 2. The van der Waals surface area contributed by atoms with Crippen LogP contribution >= 0.6 is 11.3 Å². The molecule has 4 rings (SSSR count). The zero-order chi connectivity index (χ0) is 22.6. The summed E-state index contributed by atoms with van der Waals surface area (Å²) in [6.45, 7) is 3.03. The molecule has 1 aliphatic rings. The highest BCUT2D eigenvalue weighted by atomic mass is 32.2. The van der Waals surface area contributed by atoms with Crippen molar-refractivity contribution in [3.63, 3.8) is 0 Å². The van der Waals surface area contributed by atoms with Gasteiger partial charge in [-0.15, -0.1) is 11.3 Å². The van der Waals surface area contributed by atoms with Crippen molar-refractivity contribution in [1.29, 1.82) is 0 Å². The maximum absolute atomic E-state index is 12.9. The molecule has 2 heterocycles. The van der Waals surface area contributed by atoms with Gasteiger partial charge in [-0.05, 0) is 42.0 Å². The van der Waals surface area contributed by atoms with Crippen LogP contribution in [0.1, 0.15) is 16.3 Å². The highest BCUT2D eigenvalue weighted by Crippen LogP contribution is 2.22. The maximum Gasteiger partial charge on any atom is 0.243 e. The monoisotopic (exact) mass is 473 g/mol. The van der Waals surface area contributed by atoms with E-state index in [9.17, 15) is 8.42 Å². The van der Waals surface area contributed by atoms with Gasteiger partial charge in [0.15, 0.2) is 0 Å². The normalized spacial score (nSPS) is 15.6. The summed E-state index contributed by atoms with van der Waals surface area (Å²) >= 11 is 1.65. The summed E-state index contributed by atoms with van der Waals surface area (Å²) in [6.07, 6.45) is 0.765. The Labute approximate surface area is 193 Å². The van der Waals surface area contributed by atoms with Crippen molar-refractivity contribution < 1.29 is 17.9 Å². The lowest BCUT2D eigenvalue weighted by Crippen LogP contribution is -2.48. The van der Waals surface area contributed by atoms with Crippen molar-refractivity contribution in [2.75, 3.05) is 40.4 Å². The van der Waals surface area contributed by atoms with Crippen LogP contribution in [0.4, 0.5) is 0 Å². The van der Waals surface area contributed by atoms with Crippen molar-refractivity contribution in [3.8, 4) is 11.5 Å². The molecule has 0 saturated carbocycles. The SMILES string of the molecule is COc1ccc(S(=O)(=O)N2CCN(Cc3nc(Cc4cccc(OC)c4)cs3)CC2)cc1. The number of hydrogen-bond donors (Lipinski definition) is 0. The molecule has 0 atom stereocenters. The number of methoxy groups -OCH3 is 2. The molecule has 3 aromatic rings. The Kier molecular flexibility index (Phi) is 7.10. The van der Waals surface area contributed by atoms with Gasteiger partial charge in [-0.25, -0.2) is 13.4 Å². The first-order chi connectivity index (χ1) is 15.5. The molecule has 0 aliphatic carbocycles. The minimum atomic E-state index is -3.49. The van der Waals surface area contributed by atoms with E-state index in [1.165, 1.54) is 5.56 Å². The molecule has 2 aromatic carbocycles. The molecule has 32 heavy (non-hydrogen) atoms. The van der Waals surface area contributed by atoms with Crippen LogP contribution in [0.25, 0.3) is 0 Å². The predicted molar refractivity (Wildman–Crippen MR) is 125 cm³/mol. The van der Waals surface area contributed by atoms with Crippen LogP contribution in [0.5, 0.6) is 11.5 Å². The van der Waals surface area contributed by atoms with Crippen molar-refractivity contribution in [3.05, 3.63) is 70.2 Å². The van der Waals surface area contributed by atoms with Crippen LogP contribution in [-0.2, 0) is 23.0 Å². The molecule has 1 saturated heterocycles. The van der Waals surface area contributed by atoms with Gasteiger partial charge in [0, 0.05) is 38.0 Å². The molecule has 1 aliphatic heterocycles. The van der Waals surface area contributed by atoms with Gasteiger partial charge in [-0.2, -0.15) is 4.31 Å². The smallest absolute Gasteiger partial charge is 0.243 e. The molecule has 0 spiro atoms. The van der Waals surface area contributed by atoms with Gasteiger partial charge < -0.3 is 9.47 Å². The summed E-state index contributed by atoms with van der Waals surface area (Å²) in [5.74, 6) is 1.49. The van der Waals surface area contributed by atoms with Gasteiger partial charge in [0.1, 0.15) is 16.5 Å². The van der Waals surface area contributed by atoms with Crippen molar-refractivity contribution in [1.82, 2.24) is 14.2 Å². The zero-order valence-corrected chi connectivity index (χ0v) is 19.9. The van der Waals surface area contributed by atoms with Gasteiger partial charge in [0.05, 0.1) is 31.4 Å². The molecule has 7 nitrogen and oxygen atoms in total. The lowest BCUT2D eigenvalue weighted by atomic mass is 10.1. The second-order valence-electron chi connectivity index (χ2n) is 7.62. The number of hydrogen-bond acceptors (Lipinski definition) is 7. The average molecular weight is 474 g/mol. The highest BCUT2D eigenvalue weighted by Gasteiger charge is 2.28. The van der Waals surface area contributed by atoms with Crippen LogP contribution < -0.4 is 9.47 Å². The quantitative estimate of drug-likeness (QED) is 0.500. The third-order valence-electron chi connectivity index (χ3n) is 5.51. The van der Waals surface area contributed by atoms with E-state index in [0.29, 0.717) is 36.8 Å². The standard InChI is InChI=1S/C23H27N3O4S2/c1-29-20-6-8-22(9-7-20)32(27,28)26-12-10-25(11-13-26)16-23-24-19(17-31-23)14-18-4-3-5-21(15-18)30-2/h3-9,15,17H,10-14,16H2,1-2H3. The number of nitrogens with zero attached hydrogens (tertiary/aromatic N) is 3. The maximum atomic E-state index is 12.9. The van der Waals surface area contributed by atoms with Crippen LogP contribution in [0.15, 0.2) is 58.8 Å². The fraction of sp³-hybridized carbons (Fsp3) is 0.348. The van der Waals surface area contributed by atoms with Gasteiger partial charge in [0.2, 0.25) is 10.0 Å². The number of piperazine rings is 1. The van der Waals surface area contributed by atoms with Gasteiger partial charge >= 0.3 is 0 Å². The summed E-state index contributed by atoms with van der Waals surface area (Å²) in [7, 11) is -0.261. The number of sulfonamides is 1. The first-order valence-corrected chi connectivity index (χ1v) is 12.7. The Morgan fingerprint density at radius 2 is 1.69 bits per heavy atom. The lowest BCUT2D eigenvalue weighted by molar-refractivity contribution is 0.181. The van der Waals surface area contributed by atoms with E-state index in [0.717, 1.165) is 29.4 Å². The fourth-order valence-corrected chi connectivity index (χ4v) is 5.97. The van der Waals surface area contributed by atoms with E-state index in [4.69, 9.17) is 14.5 Å². The van der Waals surface area contributed by atoms with E-state index >= 15 is 0 Å². The Balaban J connectivity index is 1.32. The Morgan fingerprint density at radius 1 is 0.969 bits per heavy atom. The molecule has 9 heteroatoms. The average Bonchev–Trinajstić information content (AvgIpc) is 3.26. The zero-order valence-electron chi connectivity index (χ0n) is 18.2. The Bertz CT molecular complexity index is 1140. The van der Waals surface area contributed by atoms with Gasteiger partial charge in [-0.3, -0.25) is 4.90 Å². The largest absolute Gasteiger partial charge is 0.497 e. The van der Waals surface area contributed by atoms with Crippen LogP contribution in [0, 0.1) is 0 Å². The number of thiazole rings is 1. The second kappa shape index (κ2) is 9.99. The molecule has 0 amide bonds. The van der Waals surface area contributed by atoms with E-state index in [1.54, 1.807) is 54.1 Å². The van der Waals surface area contributed by atoms with Crippen molar-refractivity contribution in [2.24, 2.45) is 0 Å². The predicted octanol–water partition coefficient (Wildman–Crippen LogP) is 3.26. The summed E-state index contributed by atoms with van der Waals surface area (Å²) in [4.78, 5) is 7.34. The summed E-state index contributed by atoms with van der Waals surface area (Å²) in [5, 5.41) is 3.15. The minimum absolute atomic E-state index is 0.300. The molecule has 0 unspecified atom stereocenters. The van der Waals surface area contributed by atoms with E-state index in [2.05, 4.69) is 16.3 Å². The van der Waals surface area contributed by atoms with Crippen LogP contribution in [0.3, 0.4) is 0 Å². The number of aromatic nitrogens is 1. The number of rotatable bonds is 8. The fourth-order valence-electron chi connectivity index (χ4n) is 3.71. The van der Waals surface area contributed by atoms with Gasteiger partial charge in [0.25, 0.3) is 0 Å². The molecule has 0 bridgehead atoms. The third kappa shape index (κ3) is 5.29. The summed E-state index contributed by atoms with van der Waals surface area (Å²) in [5.41, 5.74) is 2.21. The topological polar surface area (TPSA) is 72.0 Å². The van der Waals surface area contributed by atoms with Crippen molar-refractivity contribution in [2.45, 2.75) is 17.9 Å². The molecule has 0 N–H and O–H groups in total. The molecule has 1 fully saturated rings. The minimum Gasteiger partial charge on any atom is -0.497 e. The highest BCUT2D eigenvalue weighted by molar-refractivity contribution is 7.89. The van der Waals surface area contributed by atoms with Crippen LogP contribution in [0.2, 0.25) is 0 Å². The third-order valence-corrected chi connectivity index (χ3v) is 8.30. The van der Waals surface area contributed by atoms with E-state index in [-0.39, 0.29) is 0 Å². The second-order valence-corrected chi connectivity index (χ2v) is 10.5. The summed E-state index contributed by atoms with van der Waals surface area (Å²) < 4.78 is 37.8. The van der Waals surface area contributed by atoms with Crippen molar-refractivity contribution >= 4 is 21.4 Å². The summed E-state index contributed by atoms with van der Waals surface area (Å²) in [6, 6.07) is 14.6. The Morgan fingerprint density at radius 3 is 2.38 bits per heavy atom. The van der Waals surface area contributed by atoms with E-state index < -0.39 is 10.0 Å². The van der Waals surface area contributed by atoms with Crippen LogP contribution in [-0.4, -0.2) is 63.0 Å². The first-order valence-electron chi connectivity index (χ1n) is 10.4. The molecular formula is C23H27N3O4S2.